The molecule has 1 aliphatic heterocycles. The second kappa shape index (κ2) is 6.63. The van der Waals surface area contributed by atoms with Crippen LogP contribution in [0.1, 0.15) is 12.5 Å². The number of rotatable bonds is 6. The highest BCUT2D eigenvalue weighted by Crippen LogP contribution is 2.28. The fourth-order valence-corrected chi connectivity index (χ4v) is 2.60. The summed E-state index contributed by atoms with van der Waals surface area (Å²) in [5.41, 5.74) is 1.67. The molecular formula is C15H20N4O4. The van der Waals surface area contributed by atoms with E-state index in [0.717, 1.165) is 16.8 Å². The Labute approximate surface area is 133 Å². The van der Waals surface area contributed by atoms with Crippen LogP contribution in [0, 0.1) is 0 Å². The Morgan fingerprint density at radius 1 is 1.39 bits per heavy atom. The van der Waals surface area contributed by atoms with Crippen LogP contribution in [0.25, 0.3) is 17.1 Å². The van der Waals surface area contributed by atoms with Crippen LogP contribution in [0.15, 0.2) is 18.6 Å². The van der Waals surface area contributed by atoms with Crippen LogP contribution in [0.3, 0.4) is 0 Å². The first-order valence-corrected chi connectivity index (χ1v) is 7.44. The van der Waals surface area contributed by atoms with Crippen molar-refractivity contribution < 1.29 is 20.1 Å². The molecule has 8 nitrogen and oxygen atoms in total. The SMILES string of the molecule is C[C@H](O)[C@H](O)[C@@H](CO)OCn1cc2c3c(ncnc31)NCC=C2. The fraction of sp³-hybridized carbons (Fsp3) is 0.467. The van der Waals surface area contributed by atoms with E-state index in [4.69, 9.17) is 4.74 Å². The average Bonchev–Trinajstić information content (AvgIpc) is 2.77. The minimum absolute atomic E-state index is 0.0931. The Balaban J connectivity index is 1.86. The van der Waals surface area contributed by atoms with Gasteiger partial charge in [-0.2, -0.15) is 0 Å². The van der Waals surface area contributed by atoms with Crippen molar-refractivity contribution >= 4 is 22.9 Å². The lowest BCUT2D eigenvalue weighted by Crippen LogP contribution is -2.40. The summed E-state index contributed by atoms with van der Waals surface area (Å²) in [5.74, 6) is 0.761. The molecule has 0 spiro atoms. The quantitative estimate of drug-likeness (QED) is 0.590. The van der Waals surface area contributed by atoms with Gasteiger partial charge in [-0.3, -0.25) is 0 Å². The van der Waals surface area contributed by atoms with E-state index in [1.54, 1.807) is 4.57 Å². The summed E-state index contributed by atoms with van der Waals surface area (Å²) in [5, 5.41) is 32.7. The van der Waals surface area contributed by atoms with Gasteiger partial charge in [-0.05, 0) is 6.92 Å². The van der Waals surface area contributed by atoms with E-state index in [0.29, 0.717) is 12.2 Å². The predicted molar refractivity (Wildman–Crippen MR) is 84.7 cm³/mol. The van der Waals surface area contributed by atoms with Crippen molar-refractivity contribution in [2.75, 3.05) is 18.5 Å². The number of anilines is 1. The molecule has 124 valence electrons. The molecule has 3 heterocycles. The van der Waals surface area contributed by atoms with Gasteiger partial charge in [0.05, 0.1) is 18.1 Å². The molecule has 0 aromatic carbocycles. The zero-order valence-electron chi connectivity index (χ0n) is 12.8. The van der Waals surface area contributed by atoms with E-state index in [2.05, 4.69) is 15.3 Å². The van der Waals surface area contributed by atoms with Crippen molar-refractivity contribution in [1.29, 1.82) is 0 Å². The van der Waals surface area contributed by atoms with Gasteiger partial charge in [0.25, 0.3) is 0 Å². The lowest BCUT2D eigenvalue weighted by Gasteiger charge is -2.23. The van der Waals surface area contributed by atoms with E-state index in [1.807, 2.05) is 18.3 Å². The molecule has 0 saturated heterocycles. The number of nitrogens with zero attached hydrogens (tertiary/aromatic N) is 3. The largest absolute Gasteiger partial charge is 0.394 e. The van der Waals surface area contributed by atoms with E-state index in [1.165, 1.54) is 13.3 Å². The smallest absolute Gasteiger partial charge is 0.147 e. The van der Waals surface area contributed by atoms with Gasteiger partial charge in [0, 0.05) is 18.3 Å². The Hall–Kier alpha value is -2.00. The third-order valence-corrected chi connectivity index (χ3v) is 3.85. The molecule has 2 aromatic rings. The van der Waals surface area contributed by atoms with Crippen LogP contribution < -0.4 is 5.32 Å². The first kappa shape index (κ1) is 15.9. The van der Waals surface area contributed by atoms with Crippen LogP contribution in [0.4, 0.5) is 5.82 Å². The Morgan fingerprint density at radius 2 is 2.22 bits per heavy atom. The summed E-state index contributed by atoms with van der Waals surface area (Å²) in [7, 11) is 0. The molecule has 0 unspecified atom stereocenters. The number of nitrogens with one attached hydrogen (secondary N) is 1. The third-order valence-electron chi connectivity index (χ3n) is 3.85. The van der Waals surface area contributed by atoms with Gasteiger partial charge in [-0.15, -0.1) is 0 Å². The van der Waals surface area contributed by atoms with Crippen molar-refractivity contribution in [3.63, 3.8) is 0 Å². The molecule has 8 heteroatoms. The van der Waals surface area contributed by atoms with Crippen molar-refractivity contribution in [1.82, 2.24) is 14.5 Å². The molecule has 0 aliphatic carbocycles. The number of ether oxygens (including phenoxy) is 1. The molecule has 2 aromatic heterocycles. The molecule has 1 aliphatic rings. The van der Waals surface area contributed by atoms with E-state index in [9.17, 15) is 15.3 Å². The maximum atomic E-state index is 9.83. The number of aliphatic hydroxyl groups excluding tert-OH is 3. The predicted octanol–water partition coefficient (Wildman–Crippen LogP) is -0.0533. The van der Waals surface area contributed by atoms with Crippen molar-refractivity contribution in [2.45, 2.75) is 32.0 Å². The number of hydrogen-bond donors (Lipinski definition) is 4. The van der Waals surface area contributed by atoms with E-state index < -0.39 is 18.3 Å². The van der Waals surface area contributed by atoms with E-state index in [-0.39, 0.29) is 13.3 Å². The van der Waals surface area contributed by atoms with Gasteiger partial charge in [-0.25, -0.2) is 9.97 Å². The number of hydrogen-bond acceptors (Lipinski definition) is 7. The molecule has 3 rings (SSSR count). The van der Waals surface area contributed by atoms with Crippen molar-refractivity contribution in [3.05, 3.63) is 24.2 Å². The lowest BCUT2D eigenvalue weighted by atomic mass is 10.1. The van der Waals surface area contributed by atoms with Crippen LogP contribution in [0.5, 0.6) is 0 Å². The van der Waals surface area contributed by atoms with Gasteiger partial charge in [0.2, 0.25) is 0 Å². The molecule has 0 saturated carbocycles. The topological polar surface area (TPSA) is 113 Å². The third kappa shape index (κ3) is 3.06. The van der Waals surface area contributed by atoms with Gasteiger partial charge < -0.3 is 29.9 Å². The van der Waals surface area contributed by atoms with Crippen LogP contribution in [0.2, 0.25) is 0 Å². The Kier molecular flexibility index (Phi) is 4.58. The van der Waals surface area contributed by atoms with Crippen molar-refractivity contribution in [2.24, 2.45) is 0 Å². The van der Waals surface area contributed by atoms with Gasteiger partial charge in [0.15, 0.2) is 0 Å². The summed E-state index contributed by atoms with van der Waals surface area (Å²) < 4.78 is 7.34. The number of aliphatic hydroxyl groups is 3. The van der Waals surface area contributed by atoms with Gasteiger partial charge in [0.1, 0.15) is 36.7 Å². The summed E-state index contributed by atoms with van der Waals surface area (Å²) >= 11 is 0. The first-order chi connectivity index (χ1) is 11.1. The zero-order valence-corrected chi connectivity index (χ0v) is 12.8. The molecule has 0 bridgehead atoms. The minimum atomic E-state index is -1.16. The van der Waals surface area contributed by atoms with Crippen LogP contribution >= 0.6 is 0 Å². The van der Waals surface area contributed by atoms with Crippen molar-refractivity contribution in [3.8, 4) is 0 Å². The van der Waals surface area contributed by atoms with E-state index >= 15 is 0 Å². The fourth-order valence-electron chi connectivity index (χ4n) is 2.60. The molecule has 23 heavy (non-hydrogen) atoms. The number of aromatic nitrogens is 3. The zero-order chi connectivity index (χ0) is 16.4. The summed E-state index contributed by atoms with van der Waals surface area (Å²) in [6, 6.07) is 0. The van der Waals surface area contributed by atoms with Crippen LogP contribution in [-0.4, -0.2) is 61.3 Å². The summed E-state index contributed by atoms with van der Waals surface area (Å²) in [4.78, 5) is 8.54. The molecule has 4 N–H and O–H groups in total. The maximum absolute atomic E-state index is 9.83. The molecular weight excluding hydrogens is 300 g/mol. The summed E-state index contributed by atoms with van der Waals surface area (Å²) in [6.07, 6.45) is 4.32. The molecule has 0 amide bonds. The standard InChI is InChI=1S/C15H20N4O4/c1-9(21)13(22)11(6-20)23-8-19-5-10-3-2-4-16-14-12(10)15(19)18-7-17-14/h2-3,5,7,9,11,13,20-22H,4,6,8H2,1H3,(H,16,17,18)/t9-,11+,13-/m0/s1. The Morgan fingerprint density at radius 3 is 2.96 bits per heavy atom. The highest BCUT2D eigenvalue weighted by molar-refractivity contribution is 5.96. The molecule has 3 atom stereocenters. The maximum Gasteiger partial charge on any atom is 0.147 e. The minimum Gasteiger partial charge on any atom is -0.394 e. The molecule has 0 fully saturated rings. The van der Waals surface area contributed by atoms with Gasteiger partial charge in [-0.1, -0.05) is 12.2 Å². The molecule has 0 radical (unpaired) electrons. The lowest BCUT2D eigenvalue weighted by molar-refractivity contribution is -0.119. The second-order valence-electron chi connectivity index (χ2n) is 5.51. The summed E-state index contributed by atoms with van der Waals surface area (Å²) in [6.45, 7) is 1.85. The highest BCUT2D eigenvalue weighted by atomic mass is 16.5. The monoisotopic (exact) mass is 320 g/mol. The second-order valence-corrected chi connectivity index (χ2v) is 5.51. The van der Waals surface area contributed by atoms with Crippen LogP contribution in [-0.2, 0) is 11.5 Å². The van der Waals surface area contributed by atoms with Gasteiger partial charge >= 0.3 is 0 Å². The normalized spacial score (nSPS) is 17.6. The Bertz CT molecular complexity index is 713. The highest BCUT2D eigenvalue weighted by Gasteiger charge is 2.24. The first-order valence-electron chi connectivity index (χ1n) is 7.44. The average molecular weight is 320 g/mol.